The Morgan fingerprint density at radius 1 is 0.658 bits per heavy atom. The first-order valence-electron chi connectivity index (χ1n) is 11.4. The minimum absolute atomic E-state index is 0.107. The molecular formula is C28H18N4O6. The van der Waals surface area contributed by atoms with Crippen molar-refractivity contribution in [2.45, 2.75) is 0 Å². The van der Waals surface area contributed by atoms with Gasteiger partial charge in [-0.05, 0) is 60.7 Å². The Labute approximate surface area is 215 Å². The highest BCUT2D eigenvalue weighted by Crippen LogP contribution is 2.31. The first-order chi connectivity index (χ1) is 18.3. The van der Waals surface area contributed by atoms with Crippen molar-refractivity contribution in [3.8, 4) is 0 Å². The predicted octanol–water partition coefficient (Wildman–Crippen LogP) is 4.90. The third-order valence-corrected chi connectivity index (χ3v) is 5.88. The van der Waals surface area contributed by atoms with Crippen molar-refractivity contribution in [2.24, 2.45) is 0 Å². The van der Waals surface area contributed by atoms with Crippen LogP contribution in [0.15, 0.2) is 97.1 Å². The monoisotopic (exact) mass is 506 g/mol. The summed E-state index contributed by atoms with van der Waals surface area (Å²) in [4.78, 5) is 62.6. The Bertz CT molecular complexity index is 1620. The number of nitro groups is 1. The zero-order valence-corrected chi connectivity index (χ0v) is 19.6. The van der Waals surface area contributed by atoms with Crippen LogP contribution in [0.4, 0.5) is 22.7 Å². The number of imide groups is 1. The van der Waals surface area contributed by atoms with Crippen LogP contribution in [-0.2, 0) is 0 Å². The van der Waals surface area contributed by atoms with Crippen LogP contribution in [0.25, 0.3) is 0 Å². The summed E-state index contributed by atoms with van der Waals surface area (Å²) >= 11 is 0. The fourth-order valence-corrected chi connectivity index (χ4v) is 4.01. The van der Waals surface area contributed by atoms with Gasteiger partial charge in [-0.15, -0.1) is 0 Å². The summed E-state index contributed by atoms with van der Waals surface area (Å²) in [6, 6.07) is 24.4. The van der Waals surface area contributed by atoms with Gasteiger partial charge in [-0.3, -0.25) is 29.3 Å². The number of fused-ring (bicyclic) bond motifs is 1. The van der Waals surface area contributed by atoms with E-state index < -0.39 is 22.6 Å². The van der Waals surface area contributed by atoms with Crippen LogP contribution in [0, 0.1) is 10.1 Å². The number of carbonyl (C=O) groups is 4. The lowest BCUT2D eigenvalue weighted by atomic mass is 10.1. The summed E-state index contributed by atoms with van der Waals surface area (Å²) in [6.07, 6.45) is 0. The summed E-state index contributed by atoms with van der Waals surface area (Å²) < 4.78 is 0. The third kappa shape index (κ3) is 4.61. The van der Waals surface area contributed by atoms with Gasteiger partial charge in [-0.25, -0.2) is 4.90 Å². The Balaban J connectivity index is 1.34. The maximum Gasteiger partial charge on any atom is 0.269 e. The summed E-state index contributed by atoms with van der Waals surface area (Å²) in [7, 11) is 0. The molecule has 0 saturated carbocycles. The Hall–Kier alpha value is -5.64. The Morgan fingerprint density at radius 2 is 1.26 bits per heavy atom. The Kier molecular flexibility index (Phi) is 6.20. The summed E-state index contributed by atoms with van der Waals surface area (Å²) in [5, 5.41) is 16.2. The van der Waals surface area contributed by atoms with Crippen LogP contribution in [0.3, 0.4) is 0 Å². The average Bonchev–Trinajstić information content (AvgIpc) is 3.18. The highest BCUT2D eigenvalue weighted by molar-refractivity contribution is 6.34. The molecule has 0 atom stereocenters. The van der Waals surface area contributed by atoms with E-state index in [1.54, 1.807) is 48.5 Å². The van der Waals surface area contributed by atoms with Crippen molar-refractivity contribution >= 4 is 46.4 Å². The molecule has 5 rings (SSSR count). The normalized spacial score (nSPS) is 12.2. The number of non-ortho nitro benzene ring substituents is 1. The van der Waals surface area contributed by atoms with Gasteiger partial charge in [0.15, 0.2) is 0 Å². The van der Waals surface area contributed by atoms with Gasteiger partial charge in [0.2, 0.25) is 0 Å². The minimum Gasteiger partial charge on any atom is -0.322 e. The lowest BCUT2D eigenvalue weighted by Crippen LogP contribution is -2.29. The number of rotatable bonds is 6. The van der Waals surface area contributed by atoms with Gasteiger partial charge in [0.1, 0.15) is 0 Å². The van der Waals surface area contributed by atoms with Crippen LogP contribution in [0.5, 0.6) is 0 Å². The lowest BCUT2D eigenvalue weighted by Gasteiger charge is -2.15. The molecule has 1 heterocycles. The molecule has 0 spiro atoms. The number of nitrogens with zero attached hydrogens (tertiary/aromatic N) is 2. The van der Waals surface area contributed by atoms with Gasteiger partial charge < -0.3 is 10.6 Å². The van der Waals surface area contributed by atoms with E-state index >= 15 is 0 Å². The fourth-order valence-electron chi connectivity index (χ4n) is 4.01. The second-order valence-electron chi connectivity index (χ2n) is 8.33. The maximum atomic E-state index is 13.2. The number of nitro benzene ring substituents is 1. The van der Waals surface area contributed by atoms with Gasteiger partial charge in [0.05, 0.1) is 21.7 Å². The molecule has 1 aliphatic heterocycles. The van der Waals surface area contributed by atoms with Crippen molar-refractivity contribution in [1.82, 2.24) is 0 Å². The molecule has 0 unspecified atom stereocenters. The zero-order valence-electron chi connectivity index (χ0n) is 19.6. The second-order valence-corrected chi connectivity index (χ2v) is 8.33. The van der Waals surface area contributed by atoms with E-state index in [0.29, 0.717) is 11.3 Å². The van der Waals surface area contributed by atoms with E-state index in [1.807, 2.05) is 0 Å². The molecule has 0 bridgehead atoms. The van der Waals surface area contributed by atoms with Crippen molar-refractivity contribution in [3.63, 3.8) is 0 Å². The van der Waals surface area contributed by atoms with Crippen LogP contribution < -0.4 is 15.5 Å². The van der Waals surface area contributed by atoms with Gasteiger partial charge in [-0.1, -0.05) is 24.3 Å². The van der Waals surface area contributed by atoms with E-state index in [0.717, 1.165) is 4.90 Å². The smallest absolute Gasteiger partial charge is 0.269 e. The van der Waals surface area contributed by atoms with Gasteiger partial charge in [0, 0.05) is 34.6 Å². The highest BCUT2D eigenvalue weighted by atomic mass is 16.6. The molecule has 0 fully saturated rings. The van der Waals surface area contributed by atoms with E-state index in [-0.39, 0.29) is 39.7 Å². The summed E-state index contributed by atoms with van der Waals surface area (Å²) in [5.41, 5.74) is 1.74. The molecule has 2 N–H and O–H groups in total. The molecule has 0 aliphatic carbocycles. The molecular weight excluding hydrogens is 488 g/mol. The molecule has 10 nitrogen and oxygen atoms in total. The quantitative estimate of drug-likeness (QED) is 0.217. The fraction of sp³-hybridized carbons (Fsp3) is 0. The van der Waals surface area contributed by atoms with E-state index in [1.165, 1.54) is 48.5 Å². The summed E-state index contributed by atoms with van der Waals surface area (Å²) in [6.45, 7) is 0. The van der Waals surface area contributed by atoms with Crippen molar-refractivity contribution in [3.05, 3.63) is 129 Å². The van der Waals surface area contributed by atoms with E-state index in [9.17, 15) is 29.3 Å². The Morgan fingerprint density at radius 3 is 1.92 bits per heavy atom. The minimum atomic E-state index is -0.581. The predicted molar refractivity (Wildman–Crippen MR) is 139 cm³/mol. The van der Waals surface area contributed by atoms with E-state index in [4.69, 9.17) is 0 Å². The molecule has 4 aromatic rings. The lowest BCUT2D eigenvalue weighted by molar-refractivity contribution is -0.384. The van der Waals surface area contributed by atoms with Crippen molar-refractivity contribution in [1.29, 1.82) is 0 Å². The van der Waals surface area contributed by atoms with E-state index in [2.05, 4.69) is 10.6 Å². The molecule has 0 aromatic heterocycles. The van der Waals surface area contributed by atoms with Crippen molar-refractivity contribution in [2.75, 3.05) is 15.5 Å². The largest absolute Gasteiger partial charge is 0.322 e. The van der Waals surface area contributed by atoms with Crippen LogP contribution in [0.1, 0.15) is 41.4 Å². The van der Waals surface area contributed by atoms with Crippen LogP contribution in [-0.4, -0.2) is 28.6 Å². The number of carbonyl (C=O) groups excluding carboxylic acids is 4. The number of amides is 4. The molecule has 0 radical (unpaired) electrons. The second kappa shape index (κ2) is 9.78. The van der Waals surface area contributed by atoms with Crippen molar-refractivity contribution < 1.29 is 24.1 Å². The molecule has 10 heteroatoms. The van der Waals surface area contributed by atoms with Gasteiger partial charge in [-0.2, -0.15) is 0 Å². The topological polar surface area (TPSA) is 139 Å². The SMILES string of the molecule is O=C(Nc1cccc(N2C(=O)c3ccc(NC(=O)c4ccc([N+](=O)[O-])cc4)cc3C2=O)c1)c1ccccc1. The average molecular weight is 506 g/mol. The zero-order chi connectivity index (χ0) is 26.8. The third-order valence-electron chi connectivity index (χ3n) is 5.88. The molecule has 186 valence electrons. The number of hydrogen-bond donors (Lipinski definition) is 2. The molecule has 0 saturated heterocycles. The maximum absolute atomic E-state index is 13.2. The number of nitrogens with one attached hydrogen (secondary N) is 2. The highest BCUT2D eigenvalue weighted by Gasteiger charge is 2.37. The molecule has 38 heavy (non-hydrogen) atoms. The van der Waals surface area contributed by atoms with Crippen LogP contribution >= 0.6 is 0 Å². The summed E-state index contributed by atoms with van der Waals surface area (Å²) in [5.74, 6) is -1.98. The number of anilines is 3. The molecule has 1 aliphatic rings. The molecule has 4 aromatic carbocycles. The van der Waals surface area contributed by atoms with Gasteiger partial charge >= 0.3 is 0 Å². The number of hydrogen-bond acceptors (Lipinski definition) is 6. The molecule has 4 amide bonds. The number of benzene rings is 4. The first kappa shape index (κ1) is 24.1. The first-order valence-corrected chi connectivity index (χ1v) is 11.4. The van der Waals surface area contributed by atoms with Gasteiger partial charge in [0.25, 0.3) is 29.3 Å². The standard InChI is InChI=1S/C28H18N4O6/c33-25(17-5-2-1-3-6-17)29-19-7-4-8-22(15-19)31-27(35)23-14-11-20(16-24(23)28(31)36)30-26(34)18-9-12-21(13-10-18)32(37)38/h1-16H,(H,29,33)(H,30,34). The van der Waals surface area contributed by atoms with Crippen LogP contribution in [0.2, 0.25) is 0 Å².